The summed E-state index contributed by atoms with van der Waals surface area (Å²) in [7, 11) is 1.58. The van der Waals surface area contributed by atoms with Gasteiger partial charge in [0.25, 0.3) is 0 Å². The van der Waals surface area contributed by atoms with Crippen LogP contribution in [-0.4, -0.2) is 27.8 Å². The van der Waals surface area contributed by atoms with Crippen LogP contribution < -0.4 is 0 Å². The van der Waals surface area contributed by atoms with Gasteiger partial charge in [-0.3, -0.25) is 9.58 Å². The molecule has 3 nitrogen and oxygen atoms in total. The lowest BCUT2D eigenvalue weighted by Gasteiger charge is -2.29. The maximum absolute atomic E-state index is 13.2. The van der Waals surface area contributed by atoms with Gasteiger partial charge in [-0.2, -0.15) is 18.3 Å². The van der Waals surface area contributed by atoms with Crippen LogP contribution in [0.3, 0.4) is 0 Å². The predicted molar refractivity (Wildman–Crippen MR) is 91.1 cm³/mol. The lowest BCUT2D eigenvalue weighted by molar-refractivity contribution is -0.138. The first-order valence-corrected chi connectivity index (χ1v) is 8.65. The van der Waals surface area contributed by atoms with Gasteiger partial charge >= 0.3 is 6.18 Å². The van der Waals surface area contributed by atoms with Crippen molar-refractivity contribution in [3.05, 3.63) is 53.3 Å². The standard InChI is InChI=1S/C19H24F3N3/c1-18(15-7-4-3-5-8-15)9-6-11-25(12-10-18)14-17-16(19(20,21)22)13-23-24(17)2/h3-5,7-8,13H,6,9-12,14H2,1-2H3. The van der Waals surface area contributed by atoms with Crippen LogP contribution in [0.5, 0.6) is 0 Å². The third-order valence-electron chi connectivity index (χ3n) is 5.39. The molecule has 6 heteroatoms. The molecule has 1 aliphatic rings. The molecule has 1 aromatic carbocycles. The van der Waals surface area contributed by atoms with Gasteiger partial charge in [0.2, 0.25) is 0 Å². The topological polar surface area (TPSA) is 21.1 Å². The van der Waals surface area contributed by atoms with Crippen LogP contribution in [0.2, 0.25) is 0 Å². The minimum atomic E-state index is -4.35. The largest absolute Gasteiger partial charge is 0.419 e. The van der Waals surface area contributed by atoms with E-state index >= 15 is 0 Å². The van der Waals surface area contributed by atoms with E-state index in [-0.39, 0.29) is 17.7 Å². The molecule has 1 atom stereocenters. The van der Waals surface area contributed by atoms with Crippen molar-refractivity contribution in [3.63, 3.8) is 0 Å². The minimum Gasteiger partial charge on any atom is -0.297 e. The van der Waals surface area contributed by atoms with E-state index in [1.165, 1.54) is 10.2 Å². The van der Waals surface area contributed by atoms with Crippen molar-refractivity contribution < 1.29 is 13.2 Å². The van der Waals surface area contributed by atoms with Crippen LogP contribution in [0.4, 0.5) is 13.2 Å². The second-order valence-corrected chi connectivity index (χ2v) is 7.18. The summed E-state index contributed by atoms with van der Waals surface area (Å²) in [5.41, 5.74) is 1.02. The zero-order chi connectivity index (χ0) is 18.1. The van der Waals surface area contributed by atoms with Gasteiger partial charge in [0.1, 0.15) is 0 Å². The summed E-state index contributed by atoms with van der Waals surface area (Å²) in [6, 6.07) is 10.4. The molecule has 2 aromatic rings. The second-order valence-electron chi connectivity index (χ2n) is 7.18. The summed E-state index contributed by atoms with van der Waals surface area (Å²) in [6.45, 7) is 4.14. The number of rotatable bonds is 3. The molecule has 3 rings (SSSR count). The first-order chi connectivity index (χ1) is 11.8. The van der Waals surface area contributed by atoms with Crippen LogP contribution in [-0.2, 0) is 25.2 Å². The SMILES string of the molecule is Cn1ncc(C(F)(F)F)c1CN1CCCC(C)(c2ccccc2)CC1. The summed E-state index contributed by atoms with van der Waals surface area (Å²) < 4.78 is 40.9. The highest BCUT2D eigenvalue weighted by atomic mass is 19.4. The van der Waals surface area contributed by atoms with Gasteiger partial charge < -0.3 is 0 Å². The van der Waals surface area contributed by atoms with E-state index in [0.29, 0.717) is 0 Å². The van der Waals surface area contributed by atoms with Gasteiger partial charge in [-0.25, -0.2) is 0 Å². The summed E-state index contributed by atoms with van der Waals surface area (Å²) in [5, 5.41) is 3.82. The maximum Gasteiger partial charge on any atom is 0.419 e. The highest BCUT2D eigenvalue weighted by Crippen LogP contribution is 2.36. The highest BCUT2D eigenvalue weighted by molar-refractivity contribution is 5.25. The number of benzene rings is 1. The zero-order valence-corrected chi connectivity index (χ0v) is 14.7. The molecule has 1 fully saturated rings. The molecule has 1 aliphatic heterocycles. The fourth-order valence-corrected chi connectivity index (χ4v) is 3.72. The van der Waals surface area contributed by atoms with Crippen LogP contribution in [0.25, 0.3) is 0 Å². The number of aryl methyl sites for hydroxylation is 1. The van der Waals surface area contributed by atoms with Crippen LogP contribution >= 0.6 is 0 Å². The van der Waals surface area contributed by atoms with E-state index in [2.05, 4.69) is 41.2 Å². The molecular formula is C19H24F3N3. The van der Waals surface area contributed by atoms with E-state index in [1.54, 1.807) is 7.05 Å². The van der Waals surface area contributed by atoms with Gasteiger partial charge in [-0.1, -0.05) is 37.3 Å². The summed E-state index contributed by atoms with van der Waals surface area (Å²) in [5.74, 6) is 0. The Bertz CT molecular complexity index is 708. The Morgan fingerprint density at radius 3 is 2.52 bits per heavy atom. The lowest BCUT2D eigenvalue weighted by Crippen LogP contribution is -2.29. The quantitative estimate of drug-likeness (QED) is 0.818. The van der Waals surface area contributed by atoms with Crippen molar-refractivity contribution in [2.75, 3.05) is 13.1 Å². The third kappa shape index (κ3) is 3.89. The van der Waals surface area contributed by atoms with E-state index in [4.69, 9.17) is 0 Å². The average molecular weight is 351 g/mol. The van der Waals surface area contributed by atoms with Gasteiger partial charge in [0.05, 0.1) is 17.5 Å². The molecule has 0 radical (unpaired) electrons. The molecule has 0 spiro atoms. The molecule has 2 heterocycles. The van der Waals surface area contributed by atoms with Crippen molar-refractivity contribution >= 4 is 0 Å². The summed E-state index contributed by atoms with van der Waals surface area (Å²) >= 11 is 0. The molecule has 0 aliphatic carbocycles. The van der Waals surface area contributed by atoms with Crippen molar-refractivity contribution in [3.8, 4) is 0 Å². The van der Waals surface area contributed by atoms with Gasteiger partial charge in [-0.15, -0.1) is 0 Å². The average Bonchev–Trinajstić information content (AvgIpc) is 2.82. The number of hydrogen-bond acceptors (Lipinski definition) is 2. The van der Waals surface area contributed by atoms with Crippen LogP contribution in [0.1, 0.15) is 43.0 Å². The Morgan fingerprint density at radius 1 is 1.12 bits per heavy atom. The first-order valence-electron chi connectivity index (χ1n) is 8.65. The molecular weight excluding hydrogens is 327 g/mol. The van der Waals surface area contributed by atoms with Crippen molar-refractivity contribution in [2.45, 2.75) is 44.3 Å². The smallest absolute Gasteiger partial charge is 0.297 e. The van der Waals surface area contributed by atoms with Crippen molar-refractivity contribution in [1.82, 2.24) is 14.7 Å². The lowest BCUT2D eigenvalue weighted by atomic mass is 9.76. The van der Waals surface area contributed by atoms with Crippen LogP contribution in [0.15, 0.2) is 36.5 Å². The predicted octanol–water partition coefficient (Wildman–Crippen LogP) is 4.38. The van der Waals surface area contributed by atoms with Crippen molar-refractivity contribution in [1.29, 1.82) is 0 Å². The monoisotopic (exact) mass is 351 g/mol. The Balaban J connectivity index is 1.74. The van der Waals surface area contributed by atoms with Gasteiger partial charge in [-0.05, 0) is 43.3 Å². The fraction of sp³-hybridized carbons (Fsp3) is 0.526. The maximum atomic E-state index is 13.2. The molecule has 0 bridgehead atoms. The Labute approximate surface area is 146 Å². The Hall–Kier alpha value is -1.82. The normalized spacial score (nSPS) is 22.8. The molecule has 1 aromatic heterocycles. The number of halogens is 3. The first kappa shape index (κ1) is 18.0. The Kier molecular flexibility index (Phi) is 4.91. The fourth-order valence-electron chi connectivity index (χ4n) is 3.72. The molecule has 0 saturated carbocycles. The summed E-state index contributed by atoms with van der Waals surface area (Å²) in [4.78, 5) is 2.13. The number of aromatic nitrogens is 2. The number of likely N-dealkylation sites (tertiary alicyclic amines) is 1. The molecule has 0 N–H and O–H groups in total. The molecule has 25 heavy (non-hydrogen) atoms. The van der Waals surface area contributed by atoms with Crippen molar-refractivity contribution in [2.24, 2.45) is 7.05 Å². The van der Waals surface area contributed by atoms with E-state index in [1.807, 2.05) is 6.07 Å². The molecule has 1 unspecified atom stereocenters. The van der Waals surface area contributed by atoms with E-state index in [9.17, 15) is 13.2 Å². The second kappa shape index (κ2) is 6.83. The molecule has 0 amide bonds. The number of nitrogens with zero attached hydrogens (tertiary/aromatic N) is 3. The van der Waals surface area contributed by atoms with E-state index in [0.717, 1.165) is 38.5 Å². The van der Waals surface area contributed by atoms with Crippen LogP contribution in [0, 0.1) is 0 Å². The third-order valence-corrected chi connectivity index (χ3v) is 5.39. The van der Waals surface area contributed by atoms with Gasteiger partial charge in [0.15, 0.2) is 0 Å². The molecule has 136 valence electrons. The van der Waals surface area contributed by atoms with E-state index < -0.39 is 11.7 Å². The summed E-state index contributed by atoms with van der Waals surface area (Å²) in [6.07, 6.45) is -0.457. The Morgan fingerprint density at radius 2 is 1.84 bits per heavy atom. The molecule has 1 saturated heterocycles. The minimum absolute atomic E-state index is 0.0787. The zero-order valence-electron chi connectivity index (χ0n) is 14.7. The number of alkyl halides is 3. The van der Waals surface area contributed by atoms with Gasteiger partial charge in [0, 0.05) is 13.6 Å². The number of hydrogen-bond donors (Lipinski definition) is 0. The highest BCUT2D eigenvalue weighted by Gasteiger charge is 2.37.